The van der Waals surface area contributed by atoms with E-state index < -0.39 is 17.8 Å². The molecule has 5 heteroatoms. The van der Waals surface area contributed by atoms with E-state index in [4.69, 9.17) is 11.6 Å². The lowest BCUT2D eigenvalue weighted by Crippen LogP contribution is -1.92. The first-order valence-corrected chi connectivity index (χ1v) is 4.12. The summed E-state index contributed by atoms with van der Waals surface area (Å²) in [5, 5.41) is -0.259. The van der Waals surface area contributed by atoms with Gasteiger partial charge in [-0.25, -0.2) is 13.2 Å². The van der Waals surface area contributed by atoms with Crippen molar-refractivity contribution in [2.75, 3.05) is 0 Å². The van der Waals surface area contributed by atoms with Gasteiger partial charge in [-0.15, -0.1) is 0 Å². The third-order valence-corrected chi connectivity index (χ3v) is 2.24. The summed E-state index contributed by atoms with van der Waals surface area (Å²) in [7, 11) is 0. The summed E-state index contributed by atoms with van der Waals surface area (Å²) < 4.78 is 37.1. The molecule has 0 saturated carbocycles. The summed E-state index contributed by atoms with van der Waals surface area (Å²) in [4.78, 5) is 0. The molecule has 0 nitrogen and oxygen atoms in total. The highest BCUT2D eigenvalue weighted by Gasteiger charge is 2.19. The standard InChI is InChI=1S/C7H3BrClF3/c8-3-1-2-4(9)5(6(3)10)7(11)12/h1-2,7H. The fraction of sp³-hybridized carbons (Fsp3) is 0.143. The summed E-state index contributed by atoms with van der Waals surface area (Å²) in [6.07, 6.45) is -2.89. The molecule has 0 aliphatic carbocycles. The maximum absolute atomic E-state index is 12.9. The number of halogens is 5. The van der Waals surface area contributed by atoms with E-state index in [-0.39, 0.29) is 9.50 Å². The molecule has 66 valence electrons. The van der Waals surface area contributed by atoms with E-state index in [1.165, 1.54) is 12.1 Å². The van der Waals surface area contributed by atoms with Gasteiger partial charge < -0.3 is 0 Å². The van der Waals surface area contributed by atoms with Crippen LogP contribution in [0.1, 0.15) is 12.0 Å². The minimum Gasteiger partial charge on any atom is -0.205 e. The molecule has 0 N–H and O–H groups in total. The first-order chi connectivity index (χ1) is 5.54. The van der Waals surface area contributed by atoms with E-state index in [0.717, 1.165) is 0 Å². The van der Waals surface area contributed by atoms with Gasteiger partial charge in [0.05, 0.1) is 15.1 Å². The van der Waals surface area contributed by atoms with Crippen molar-refractivity contribution >= 4 is 27.5 Å². The van der Waals surface area contributed by atoms with Crippen molar-refractivity contribution in [1.29, 1.82) is 0 Å². The molecule has 0 amide bonds. The minimum atomic E-state index is -2.89. The lowest BCUT2D eigenvalue weighted by atomic mass is 10.2. The van der Waals surface area contributed by atoms with Crippen molar-refractivity contribution in [3.8, 4) is 0 Å². The summed E-state index contributed by atoms with van der Waals surface area (Å²) >= 11 is 8.14. The molecule has 0 saturated heterocycles. The monoisotopic (exact) mass is 258 g/mol. The highest BCUT2D eigenvalue weighted by atomic mass is 79.9. The van der Waals surface area contributed by atoms with Gasteiger partial charge >= 0.3 is 0 Å². The zero-order chi connectivity index (χ0) is 9.30. The number of alkyl halides is 2. The van der Waals surface area contributed by atoms with Crippen LogP contribution in [0.15, 0.2) is 16.6 Å². The molecule has 0 aromatic heterocycles. The summed E-state index contributed by atoms with van der Waals surface area (Å²) in [5.41, 5.74) is -0.758. The maximum atomic E-state index is 12.9. The number of rotatable bonds is 1. The molecule has 0 atom stereocenters. The van der Waals surface area contributed by atoms with E-state index in [1.807, 2.05) is 0 Å². The van der Waals surface area contributed by atoms with E-state index in [0.29, 0.717) is 0 Å². The number of hydrogen-bond donors (Lipinski definition) is 0. The quantitative estimate of drug-likeness (QED) is 0.664. The first-order valence-electron chi connectivity index (χ1n) is 2.95. The largest absolute Gasteiger partial charge is 0.268 e. The lowest BCUT2D eigenvalue weighted by Gasteiger charge is -2.05. The lowest BCUT2D eigenvalue weighted by molar-refractivity contribution is 0.146. The van der Waals surface area contributed by atoms with E-state index in [1.54, 1.807) is 0 Å². The van der Waals surface area contributed by atoms with Gasteiger partial charge in [-0.1, -0.05) is 11.6 Å². The highest BCUT2D eigenvalue weighted by molar-refractivity contribution is 9.10. The third-order valence-electron chi connectivity index (χ3n) is 1.30. The van der Waals surface area contributed by atoms with Crippen LogP contribution in [0.2, 0.25) is 5.02 Å². The Morgan fingerprint density at radius 1 is 1.33 bits per heavy atom. The Morgan fingerprint density at radius 2 is 1.92 bits per heavy atom. The van der Waals surface area contributed by atoms with Crippen LogP contribution in [0.25, 0.3) is 0 Å². The van der Waals surface area contributed by atoms with E-state index in [2.05, 4.69) is 15.9 Å². The number of benzene rings is 1. The van der Waals surface area contributed by atoms with Crippen molar-refractivity contribution in [1.82, 2.24) is 0 Å². The summed E-state index contributed by atoms with van der Waals surface area (Å²) in [6.45, 7) is 0. The van der Waals surface area contributed by atoms with Crippen LogP contribution >= 0.6 is 27.5 Å². The average Bonchev–Trinajstić information content (AvgIpc) is 1.97. The van der Waals surface area contributed by atoms with Gasteiger partial charge in [0, 0.05) is 0 Å². The van der Waals surface area contributed by atoms with Gasteiger partial charge in [0.1, 0.15) is 5.82 Å². The molecule has 0 aliphatic rings. The zero-order valence-electron chi connectivity index (χ0n) is 5.62. The van der Waals surface area contributed by atoms with Crippen molar-refractivity contribution in [2.45, 2.75) is 6.43 Å². The molecule has 0 heterocycles. The van der Waals surface area contributed by atoms with Crippen molar-refractivity contribution < 1.29 is 13.2 Å². The van der Waals surface area contributed by atoms with Gasteiger partial charge in [0.2, 0.25) is 0 Å². The van der Waals surface area contributed by atoms with E-state index in [9.17, 15) is 13.2 Å². The van der Waals surface area contributed by atoms with Crippen molar-refractivity contribution in [3.05, 3.63) is 33.0 Å². The predicted molar refractivity (Wildman–Crippen MR) is 44.1 cm³/mol. The fourth-order valence-corrected chi connectivity index (χ4v) is 1.32. The van der Waals surface area contributed by atoms with Crippen LogP contribution in [-0.2, 0) is 0 Å². The Labute approximate surface area is 80.5 Å². The first kappa shape index (κ1) is 9.86. The molecular weight excluding hydrogens is 256 g/mol. The summed E-state index contributed by atoms with van der Waals surface area (Å²) in [6, 6.07) is 2.50. The molecule has 0 radical (unpaired) electrons. The molecule has 1 aromatic carbocycles. The molecule has 0 fully saturated rings. The molecule has 0 unspecified atom stereocenters. The van der Waals surface area contributed by atoms with Crippen molar-refractivity contribution in [2.24, 2.45) is 0 Å². The summed E-state index contributed by atoms with van der Waals surface area (Å²) in [5.74, 6) is -1.00. The molecule has 0 aliphatic heterocycles. The molecular formula is C7H3BrClF3. The van der Waals surface area contributed by atoms with Gasteiger partial charge in [-0.3, -0.25) is 0 Å². The Morgan fingerprint density at radius 3 is 2.33 bits per heavy atom. The second kappa shape index (κ2) is 3.66. The van der Waals surface area contributed by atoms with Gasteiger partial charge in [0.15, 0.2) is 0 Å². The Bertz CT molecular complexity index is 301. The Balaban J connectivity index is 3.33. The highest BCUT2D eigenvalue weighted by Crippen LogP contribution is 2.32. The second-order valence-corrected chi connectivity index (χ2v) is 3.32. The molecule has 1 aromatic rings. The van der Waals surface area contributed by atoms with Gasteiger partial charge in [-0.2, -0.15) is 0 Å². The molecule has 0 spiro atoms. The second-order valence-electron chi connectivity index (χ2n) is 2.06. The van der Waals surface area contributed by atoms with Crippen LogP contribution in [-0.4, -0.2) is 0 Å². The van der Waals surface area contributed by atoms with Crippen LogP contribution in [0.3, 0.4) is 0 Å². The van der Waals surface area contributed by atoms with Crippen LogP contribution in [0.4, 0.5) is 13.2 Å². The zero-order valence-corrected chi connectivity index (χ0v) is 7.96. The smallest absolute Gasteiger partial charge is 0.205 e. The topological polar surface area (TPSA) is 0 Å². The minimum absolute atomic E-state index is 0.0119. The molecule has 1 rings (SSSR count). The normalized spacial score (nSPS) is 10.8. The van der Waals surface area contributed by atoms with E-state index >= 15 is 0 Å². The maximum Gasteiger partial charge on any atom is 0.268 e. The van der Waals surface area contributed by atoms with Gasteiger partial charge in [0.25, 0.3) is 6.43 Å². The molecule has 12 heavy (non-hydrogen) atoms. The van der Waals surface area contributed by atoms with Crippen LogP contribution in [0, 0.1) is 5.82 Å². The SMILES string of the molecule is Fc1c(Br)ccc(Cl)c1C(F)F. The van der Waals surface area contributed by atoms with Gasteiger partial charge in [-0.05, 0) is 28.1 Å². The van der Waals surface area contributed by atoms with Crippen LogP contribution in [0.5, 0.6) is 0 Å². The third kappa shape index (κ3) is 1.75. The van der Waals surface area contributed by atoms with Crippen molar-refractivity contribution in [3.63, 3.8) is 0 Å². The fourth-order valence-electron chi connectivity index (χ4n) is 0.743. The Kier molecular flexibility index (Phi) is 3.01. The van der Waals surface area contributed by atoms with Crippen LogP contribution < -0.4 is 0 Å². The Hall–Kier alpha value is -0.220. The average molecular weight is 259 g/mol. The molecule has 0 bridgehead atoms. The number of hydrogen-bond acceptors (Lipinski definition) is 0. The predicted octanol–water partition coefficient (Wildman–Crippen LogP) is 4.18.